The van der Waals surface area contributed by atoms with Gasteiger partial charge in [0.1, 0.15) is 17.7 Å². The second-order valence-electron chi connectivity index (χ2n) is 3.48. The molecule has 1 fully saturated rings. The molecule has 0 spiro atoms. The number of allylic oxidation sites excluding steroid dienone is 2. The molecule has 0 aliphatic heterocycles. The molecule has 1 aliphatic rings. The van der Waals surface area contributed by atoms with Gasteiger partial charge in [0.15, 0.2) is 0 Å². The fourth-order valence-corrected chi connectivity index (χ4v) is 1.51. The van der Waals surface area contributed by atoms with E-state index in [4.69, 9.17) is 10.5 Å². The Balaban J connectivity index is 2.98. The zero-order valence-corrected chi connectivity index (χ0v) is 7.46. The first-order chi connectivity index (χ1) is 5.70. The van der Waals surface area contributed by atoms with E-state index in [1.165, 1.54) is 0 Å². The molecule has 1 rings (SSSR count). The van der Waals surface area contributed by atoms with Crippen molar-refractivity contribution in [2.75, 3.05) is 0 Å². The van der Waals surface area contributed by atoms with Crippen LogP contribution in [0, 0.1) is 34.5 Å². The first-order valence-corrected chi connectivity index (χ1v) is 4.25. The number of nitrogens with zero attached hydrogens (tertiary/aromatic N) is 2. The van der Waals surface area contributed by atoms with Crippen molar-refractivity contribution in [2.24, 2.45) is 11.8 Å². The molecule has 2 heteroatoms. The van der Waals surface area contributed by atoms with Crippen LogP contribution >= 0.6 is 0 Å². The molecule has 0 amide bonds. The van der Waals surface area contributed by atoms with Crippen LogP contribution in [0.2, 0.25) is 0 Å². The van der Waals surface area contributed by atoms with Crippen LogP contribution in [0.4, 0.5) is 0 Å². The summed E-state index contributed by atoms with van der Waals surface area (Å²) in [5.41, 5.74) is 1.41. The van der Waals surface area contributed by atoms with Gasteiger partial charge < -0.3 is 0 Å². The van der Waals surface area contributed by atoms with E-state index in [1.807, 2.05) is 26.0 Å². The molecule has 1 aliphatic carbocycles. The van der Waals surface area contributed by atoms with Crippen molar-refractivity contribution in [3.8, 4) is 12.1 Å². The summed E-state index contributed by atoms with van der Waals surface area (Å²) in [6, 6.07) is 3.95. The van der Waals surface area contributed by atoms with Crippen molar-refractivity contribution >= 4 is 0 Å². The predicted molar refractivity (Wildman–Crippen MR) is 45.8 cm³/mol. The molecule has 0 bridgehead atoms. The van der Waals surface area contributed by atoms with Crippen molar-refractivity contribution in [3.63, 3.8) is 0 Å². The first kappa shape index (κ1) is 8.81. The van der Waals surface area contributed by atoms with Gasteiger partial charge in [-0.05, 0) is 30.3 Å². The zero-order chi connectivity index (χ0) is 9.14. The Hall–Kier alpha value is -1.28. The van der Waals surface area contributed by atoms with Gasteiger partial charge in [0.2, 0.25) is 0 Å². The molecular weight excluding hydrogens is 148 g/mol. The molecule has 0 atom stereocenters. The number of nitriles is 2. The third-order valence-corrected chi connectivity index (χ3v) is 2.15. The lowest BCUT2D eigenvalue weighted by molar-refractivity contribution is 0.700. The summed E-state index contributed by atoms with van der Waals surface area (Å²) >= 11 is 0. The zero-order valence-electron chi connectivity index (χ0n) is 7.46. The highest BCUT2D eigenvalue weighted by Crippen LogP contribution is 2.41. The maximum atomic E-state index is 8.69. The SMILES string of the molecule is CC(C)C(=C(C#N)C#N)C1CC1. The second-order valence-corrected chi connectivity index (χ2v) is 3.48. The largest absolute Gasteiger partial charge is 0.192 e. The highest BCUT2D eigenvalue weighted by Gasteiger charge is 2.30. The van der Waals surface area contributed by atoms with Gasteiger partial charge in [-0.2, -0.15) is 10.5 Å². The van der Waals surface area contributed by atoms with Crippen LogP contribution < -0.4 is 0 Å². The summed E-state index contributed by atoms with van der Waals surface area (Å²) in [6.45, 7) is 4.09. The van der Waals surface area contributed by atoms with E-state index >= 15 is 0 Å². The van der Waals surface area contributed by atoms with Crippen molar-refractivity contribution in [3.05, 3.63) is 11.1 Å². The molecule has 1 saturated carbocycles. The Kier molecular flexibility index (Phi) is 2.51. The quantitative estimate of drug-likeness (QED) is 0.582. The summed E-state index contributed by atoms with van der Waals surface area (Å²) < 4.78 is 0. The second kappa shape index (κ2) is 3.41. The summed E-state index contributed by atoms with van der Waals surface area (Å²) in [5, 5.41) is 17.4. The Morgan fingerprint density at radius 1 is 1.25 bits per heavy atom. The van der Waals surface area contributed by atoms with Crippen LogP contribution in [0.15, 0.2) is 11.1 Å². The van der Waals surface area contributed by atoms with Crippen molar-refractivity contribution in [1.29, 1.82) is 10.5 Å². The van der Waals surface area contributed by atoms with Crippen LogP contribution in [0.25, 0.3) is 0 Å². The van der Waals surface area contributed by atoms with E-state index in [0.717, 1.165) is 18.4 Å². The smallest absolute Gasteiger partial charge is 0.129 e. The maximum absolute atomic E-state index is 8.69. The Labute approximate surface area is 73.1 Å². The molecule has 12 heavy (non-hydrogen) atoms. The van der Waals surface area contributed by atoms with E-state index in [9.17, 15) is 0 Å². The maximum Gasteiger partial charge on any atom is 0.129 e. The van der Waals surface area contributed by atoms with Crippen molar-refractivity contribution in [1.82, 2.24) is 0 Å². The summed E-state index contributed by atoms with van der Waals surface area (Å²) in [5.74, 6) is 0.867. The highest BCUT2D eigenvalue weighted by molar-refractivity contribution is 5.43. The van der Waals surface area contributed by atoms with E-state index < -0.39 is 0 Å². The molecule has 0 radical (unpaired) electrons. The fraction of sp³-hybridized carbons (Fsp3) is 0.600. The summed E-state index contributed by atoms with van der Waals surface area (Å²) in [7, 11) is 0. The van der Waals surface area contributed by atoms with Crippen molar-refractivity contribution < 1.29 is 0 Å². The Bertz CT molecular complexity index is 262. The van der Waals surface area contributed by atoms with Gasteiger partial charge >= 0.3 is 0 Å². The van der Waals surface area contributed by atoms with E-state index in [1.54, 1.807) is 0 Å². The standard InChI is InChI=1S/C10H12N2/c1-7(2)10(8-3-4-8)9(5-11)6-12/h7-8H,3-4H2,1-2H3. The van der Waals surface area contributed by atoms with Crippen LogP contribution in [0.1, 0.15) is 26.7 Å². The summed E-state index contributed by atoms with van der Waals surface area (Å²) in [4.78, 5) is 0. The van der Waals surface area contributed by atoms with Gasteiger partial charge in [0, 0.05) is 0 Å². The van der Waals surface area contributed by atoms with Crippen LogP contribution in [-0.4, -0.2) is 0 Å². The molecule has 0 aromatic rings. The molecule has 0 aromatic carbocycles. The molecule has 0 saturated heterocycles. The number of hydrogen-bond donors (Lipinski definition) is 0. The van der Waals surface area contributed by atoms with E-state index in [2.05, 4.69) is 0 Å². The minimum absolute atomic E-state index is 0.340. The minimum atomic E-state index is 0.340. The predicted octanol–water partition coefficient (Wildman–Crippen LogP) is 2.40. The van der Waals surface area contributed by atoms with Crippen LogP contribution in [0.5, 0.6) is 0 Å². The fourth-order valence-electron chi connectivity index (χ4n) is 1.51. The minimum Gasteiger partial charge on any atom is -0.192 e. The van der Waals surface area contributed by atoms with Crippen LogP contribution in [0.3, 0.4) is 0 Å². The molecule has 62 valence electrons. The lowest BCUT2D eigenvalue weighted by atomic mass is 9.94. The average molecular weight is 160 g/mol. The topological polar surface area (TPSA) is 47.6 Å². The lowest BCUT2D eigenvalue weighted by Gasteiger charge is -2.08. The van der Waals surface area contributed by atoms with Crippen molar-refractivity contribution in [2.45, 2.75) is 26.7 Å². The van der Waals surface area contributed by atoms with E-state index in [-0.39, 0.29) is 0 Å². The van der Waals surface area contributed by atoms with Gasteiger partial charge in [-0.15, -0.1) is 0 Å². The molecular formula is C10H12N2. The molecule has 0 heterocycles. The average Bonchev–Trinajstić information content (AvgIpc) is 2.82. The van der Waals surface area contributed by atoms with Gasteiger partial charge in [-0.3, -0.25) is 0 Å². The monoisotopic (exact) mass is 160 g/mol. The summed E-state index contributed by atoms with van der Waals surface area (Å²) in [6.07, 6.45) is 2.31. The highest BCUT2D eigenvalue weighted by atomic mass is 14.4. The Morgan fingerprint density at radius 2 is 1.75 bits per heavy atom. The third-order valence-electron chi connectivity index (χ3n) is 2.15. The van der Waals surface area contributed by atoms with Crippen LogP contribution in [-0.2, 0) is 0 Å². The normalized spacial score (nSPS) is 15.1. The van der Waals surface area contributed by atoms with Gasteiger partial charge in [-0.1, -0.05) is 13.8 Å². The molecule has 0 aromatic heterocycles. The lowest BCUT2D eigenvalue weighted by Crippen LogP contribution is -1.99. The first-order valence-electron chi connectivity index (χ1n) is 4.25. The van der Waals surface area contributed by atoms with E-state index in [0.29, 0.717) is 17.4 Å². The number of rotatable bonds is 2. The van der Waals surface area contributed by atoms with Gasteiger partial charge in [0.05, 0.1) is 0 Å². The third kappa shape index (κ3) is 1.66. The molecule has 0 N–H and O–H groups in total. The molecule has 2 nitrogen and oxygen atoms in total. The van der Waals surface area contributed by atoms with Gasteiger partial charge in [-0.25, -0.2) is 0 Å². The molecule has 0 unspecified atom stereocenters. The van der Waals surface area contributed by atoms with Gasteiger partial charge in [0.25, 0.3) is 0 Å². The number of hydrogen-bond acceptors (Lipinski definition) is 2. The Morgan fingerprint density at radius 3 is 2.00 bits per heavy atom.